The van der Waals surface area contributed by atoms with Gasteiger partial charge in [0.15, 0.2) is 5.78 Å². The lowest BCUT2D eigenvalue weighted by Gasteiger charge is -2.17. The fraction of sp³-hybridized carbons (Fsp3) is 0.400. The minimum atomic E-state index is -3.73. The van der Waals surface area contributed by atoms with Gasteiger partial charge in [0.1, 0.15) is 0 Å². The van der Waals surface area contributed by atoms with Gasteiger partial charge < -0.3 is 10.6 Å². The molecule has 0 spiro atoms. The second-order valence-corrected chi connectivity index (χ2v) is 10.6. The smallest absolute Gasteiger partial charge is 0.253 e. The third kappa shape index (κ3) is 6.51. The maximum absolute atomic E-state index is 12.7. The average Bonchev–Trinajstić information content (AvgIpc) is 3.32. The van der Waals surface area contributed by atoms with Crippen molar-refractivity contribution in [2.45, 2.75) is 56.4 Å². The number of benzene rings is 2. The van der Waals surface area contributed by atoms with Crippen LogP contribution in [0.15, 0.2) is 53.4 Å². The number of para-hydroxylation sites is 1. The second-order valence-electron chi connectivity index (χ2n) is 8.56. The Bertz CT molecular complexity index is 1140. The maximum atomic E-state index is 12.7. The van der Waals surface area contributed by atoms with Crippen LogP contribution in [-0.4, -0.2) is 50.0 Å². The molecule has 0 aromatic heterocycles. The standard InChI is InChI=1S/C25H31N3O5S/c1-18(29)19-13-15-21(16-14-19)34(32,33)28(2)17-7-12-24(30)27-23-11-6-5-10-22(23)25(31)26-20-8-3-4-9-20/h5-6,10-11,13-16,20H,3-4,7-9,12,17H2,1-2H3,(H,26,31)(H,27,30). The van der Waals surface area contributed by atoms with Crippen molar-refractivity contribution in [3.63, 3.8) is 0 Å². The molecule has 0 heterocycles. The first kappa shape index (κ1) is 25.6. The topological polar surface area (TPSA) is 113 Å². The van der Waals surface area contributed by atoms with Crippen molar-refractivity contribution in [1.82, 2.24) is 9.62 Å². The summed E-state index contributed by atoms with van der Waals surface area (Å²) in [6.07, 6.45) is 4.56. The number of Topliss-reactive ketones (excluding diaryl/α,β-unsaturated/α-hetero) is 1. The van der Waals surface area contributed by atoms with Crippen molar-refractivity contribution in [2.75, 3.05) is 18.9 Å². The highest BCUT2D eigenvalue weighted by molar-refractivity contribution is 7.89. The summed E-state index contributed by atoms with van der Waals surface area (Å²) in [5.74, 6) is -0.636. The van der Waals surface area contributed by atoms with E-state index >= 15 is 0 Å². The van der Waals surface area contributed by atoms with Gasteiger partial charge in [-0.25, -0.2) is 12.7 Å². The molecule has 0 saturated heterocycles. The molecule has 9 heteroatoms. The van der Waals surface area contributed by atoms with Gasteiger partial charge in [-0.15, -0.1) is 0 Å². The van der Waals surface area contributed by atoms with Gasteiger partial charge in [-0.3, -0.25) is 14.4 Å². The monoisotopic (exact) mass is 485 g/mol. The molecule has 2 N–H and O–H groups in total. The van der Waals surface area contributed by atoms with Crippen LogP contribution in [0.25, 0.3) is 0 Å². The van der Waals surface area contributed by atoms with Crippen LogP contribution in [0.5, 0.6) is 0 Å². The summed E-state index contributed by atoms with van der Waals surface area (Å²) >= 11 is 0. The molecule has 2 aromatic carbocycles. The van der Waals surface area contributed by atoms with Crippen LogP contribution in [0.2, 0.25) is 0 Å². The van der Waals surface area contributed by atoms with Crippen LogP contribution in [0.3, 0.4) is 0 Å². The number of ketones is 1. The number of sulfonamides is 1. The number of carbonyl (C=O) groups excluding carboxylic acids is 3. The molecule has 0 aliphatic heterocycles. The Kier molecular flexibility index (Phi) is 8.57. The number of amides is 2. The first-order chi connectivity index (χ1) is 16.2. The van der Waals surface area contributed by atoms with Gasteiger partial charge in [0.2, 0.25) is 15.9 Å². The summed E-state index contributed by atoms with van der Waals surface area (Å²) in [6, 6.07) is 12.8. The van der Waals surface area contributed by atoms with Gasteiger partial charge in [0.25, 0.3) is 5.91 Å². The quantitative estimate of drug-likeness (QED) is 0.499. The van der Waals surface area contributed by atoms with Crippen LogP contribution in [0.1, 0.15) is 66.2 Å². The van der Waals surface area contributed by atoms with Crippen molar-refractivity contribution in [2.24, 2.45) is 0 Å². The predicted octanol–water partition coefficient (Wildman–Crippen LogP) is 3.60. The van der Waals surface area contributed by atoms with Gasteiger partial charge in [-0.1, -0.05) is 37.1 Å². The van der Waals surface area contributed by atoms with Crippen LogP contribution < -0.4 is 10.6 Å². The summed E-state index contributed by atoms with van der Waals surface area (Å²) in [6.45, 7) is 1.56. The first-order valence-electron chi connectivity index (χ1n) is 11.5. The SMILES string of the molecule is CC(=O)c1ccc(S(=O)(=O)N(C)CCCC(=O)Nc2ccccc2C(=O)NC2CCCC2)cc1. The Morgan fingerprint density at radius 1 is 1.00 bits per heavy atom. The lowest BCUT2D eigenvalue weighted by Crippen LogP contribution is -2.33. The number of rotatable bonds is 10. The highest BCUT2D eigenvalue weighted by Gasteiger charge is 2.22. The Hall–Kier alpha value is -3.04. The minimum absolute atomic E-state index is 0.0895. The van der Waals surface area contributed by atoms with Crippen LogP contribution in [0, 0.1) is 0 Å². The molecule has 0 unspecified atom stereocenters. The maximum Gasteiger partial charge on any atom is 0.253 e. The number of nitrogens with one attached hydrogen (secondary N) is 2. The fourth-order valence-electron chi connectivity index (χ4n) is 3.96. The van der Waals surface area contributed by atoms with Crippen molar-refractivity contribution >= 4 is 33.3 Å². The summed E-state index contributed by atoms with van der Waals surface area (Å²) in [5, 5.41) is 5.80. The van der Waals surface area contributed by atoms with E-state index in [2.05, 4.69) is 10.6 Å². The van der Waals surface area contributed by atoms with Crippen molar-refractivity contribution in [1.29, 1.82) is 0 Å². The normalized spacial score (nSPS) is 14.2. The lowest BCUT2D eigenvalue weighted by molar-refractivity contribution is -0.116. The third-order valence-corrected chi connectivity index (χ3v) is 7.85. The number of hydrogen-bond acceptors (Lipinski definition) is 5. The molecule has 1 aliphatic rings. The molecule has 2 amide bonds. The molecule has 1 saturated carbocycles. The molecular weight excluding hydrogens is 454 g/mol. The molecule has 0 radical (unpaired) electrons. The Morgan fingerprint density at radius 3 is 2.29 bits per heavy atom. The zero-order chi connectivity index (χ0) is 24.7. The molecule has 1 fully saturated rings. The Morgan fingerprint density at radius 2 is 1.65 bits per heavy atom. The molecule has 3 rings (SSSR count). The Balaban J connectivity index is 1.53. The van der Waals surface area contributed by atoms with Gasteiger partial charge >= 0.3 is 0 Å². The number of nitrogens with zero attached hydrogens (tertiary/aromatic N) is 1. The summed E-state index contributed by atoms with van der Waals surface area (Å²) < 4.78 is 26.7. The van der Waals surface area contributed by atoms with E-state index in [4.69, 9.17) is 0 Å². The van der Waals surface area contributed by atoms with Gasteiger partial charge in [0.05, 0.1) is 16.1 Å². The highest BCUT2D eigenvalue weighted by atomic mass is 32.2. The predicted molar refractivity (Wildman–Crippen MR) is 130 cm³/mol. The van der Waals surface area contributed by atoms with Crippen molar-refractivity contribution in [3.05, 3.63) is 59.7 Å². The number of anilines is 1. The molecule has 34 heavy (non-hydrogen) atoms. The summed E-state index contributed by atoms with van der Waals surface area (Å²) in [4.78, 5) is 36.6. The molecule has 182 valence electrons. The first-order valence-corrected chi connectivity index (χ1v) is 12.9. The third-order valence-electron chi connectivity index (χ3n) is 5.98. The van der Waals surface area contributed by atoms with E-state index in [1.54, 1.807) is 24.3 Å². The van der Waals surface area contributed by atoms with E-state index in [0.29, 0.717) is 23.2 Å². The fourth-order valence-corrected chi connectivity index (χ4v) is 5.17. The van der Waals surface area contributed by atoms with E-state index in [9.17, 15) is 22.8 Å². The molecule has 0 atom stereocenters. The van der Waals surface area contributed by atoms with Crippen LogP contribution in [-0.2, 0) is 14.8 Å². The van der Waals surface area contributed by atoms with Crippen molar-refractivity contribution in [3.8, 4) is 0 Å². The Labute approximate surface area is 200 Å². The molecular formula is C25H31N3O5S. The van der Waals surface area contributed by atoms with E-state index in [1.807, 2.05) is 0 Å². The lowest BCUT2D eigenvalue weighted by atomic mass is 10.1. The van der Waals surface area contributed by atoms with E-state index < -0.39 is 10.0 Å². The van der Waals surface area contributed by atoms with Crippen molar-refractivity contribution < 1.29 is 22.8 Å². The molecule has 0 bridgehead atoms. The largest absolute Gasteiger partial charge is 0.349 e. The zero-order valence-corrected chi connectivity index (χ0v) is 20.4. The van der Waals surface area contributed by atoms with Crippen LogP contribution in [0.4, 0.5) is 5.69 Å². The minimum Gasteiger partial charge on any atom is -0.349 e. The van der Waals surface area contributed by atoms with Gasteiger partial charge in [-0.2, -0.15) is 0 Å². The van der Waals surface area contributed by atoms with E-state index in [-0.39, 0.29) is 41.5 Å². The second kappa shape index (κ2) is 11.4. The average molecular weight is 486 g/mol. The van der Waals surface area contributed by atoms with Crippen LogP contribution >= 0.6 is 0 Å². The molecule has 1 aliphatic carbocycles. The number of carbonyl (C=O) groups is 3. The zero-order valence-electron chi connectivity index (χ0n) is 19.5. The molecule has 8 nitrogen and oxygen atoms in total. The number of hydrogen-bond donors (Lipinski definition) is 2. The van der Waals surface area contributed by atoms with E-state index in [0.717, 1.165) is 25.7 Å². The summed E-state index contributed by atoms with van der Waals surface area (Å²) in [5.41, 5.74) is 1.29. The molecule has 2 aromatic rings. The highest BCUT2D eigenvalue weighted by Crippen LogP contribution is 2.21. The van der Waals surface area contributed by atoms with Gasteiger partial charge in [-0.05, 0) is 50.5 Å². The van der Waals surface area contributed by atoms with E-state index in [1.165, 1.54) is 42.5 Å². The summed E-state index contributed by atoms with van der Waals surface area (Å²) in [7, 11) is -2.28. The van der Waals surface area contributed by atoms with Gasteiger partial charge in [0, 0.05) is 31.6 Å².